The molecule has 2 aromatic carbocycles. The number of aryl methyl sites for hydroxylation is 1. The van der Waals surface area contributed by atoms with Crippen LogP contribution in [0.15, 0.2) is 52.6 Å². The number of carbonyl (C=O) groups excluding carboxylic acids is 1. The van der Waals surface area contributed by atoms with Crippen molar-refractivity contribution in [2.45, 2.75) is 33.2 Å². The van der Waals surface area contributed by atoms with Crippen molar-refractivity contribution >= 4 is 27.3 Å². The van der Waals surface area contributed by atoms with Crippen LogP contribution in [0.25, 0.3) is 21.3 Å². The first-order valence-electron chi connectivity index (χ1n) is 9.83. The van der Waals surface area contributed by atoms with E-state index in [9.17, 15) is 18.4 Å². The Morgan fingerprint density at radius 1 is 1.13 bits per heavy atom. The van der Waals surface area contributed by atoms with Gasteiger partial charge in [-0.15, -0.1) is 11.3 Å². The van der Waals surface area contributed by atoms with Crippen molar-refractivity contribution in [1.82, 2.24) is 9.55 Å². The summed E-state index contributed by atoms with van der Waals surface area (Å²) in [5, 5.41) is 2.23. The molecule has 4 nitrogen and oxygen atoms in total. The van der Waals surface area contributed by atoms with Crippen LogP contribution >= 0.6 is 11.3 Å². The quantitative estimate of drug-likeness (QED) is 0.375. The van der Waals surface area contributed by atoms with Crippen molar-refractivity contribution in [1.29, 1.82) is 0 Å². The van der Waals surface area contributed by atoms with Gasteiger partial charge in [0.05, 0.1) is 11.9 Å². The third-order valence-electron chi connectivity index (χ3n) is 5.18. The predicted molar refractivity (Wildman–Crippen MR) is 119 cm³/mol. The van der Waals surface area contributed by atoms with Gasteiger partial charge in [0.25, 0.3) is 5.56 Å². The lowest BCUT2D eigenvalue weighted by Crippen LogP contribution is -2.29. The van der Waals surface area contributed by atoms with E-state index >= 15 is 0 Å². The Labute approximate surface area is 181 Å². The zero-order chi connectivity index (χ0) is 22.3. The van der Waals surface area contributed by atoms with Crippen molar-refractivity contribution < 1.29 is 13.6 Å². The zero-order valence-corrected chi connectivity index (χ0v) is 18.1. The van der Waals surface area contributed by atoms with Gasteiger partial charge in [0, 0.05) is 22.4 Å². The Bertz CT molecular complexity index is 1350. The van der Waals surface area contributed by atoms with E-state index < -0.39 is 0 Å². The van der Waals surface area contributed by atoms with E-state index in [4.69, 9.17) is 0 Å². The Morgan fingerprint density at radius 3 is 2.48 bits per heavy atom. The van der Waals surface area contributed by atoms with Crippen LogP contribution in [-0.2, 0) is 6.54 Å². The molecule has 0 aliphatic rings. The van der Waals surface area contributed by atoms with Crippen LogP contribution in [0.2, 0.25) is 0 Å². The average molecular weight is 438 g/mol. The third kappa shape index (κ3) is 3.93. The summed E-state index contributed by atoms with van der Waals surface area (Å²) in [4.78, 5) is 31.7. The van der Waals surface area contributed by atoms with Crippen molar-refractivity contribution in [2.75, 3.05) is 0 Å². The summed E-state index contributed by atoms with van der Waals surface area (Å²) < 4.78 is 28.3. The van der Waals surface area contributed by atoms with Crippen LogP contribution < -0.4 is 5.56 Å². The molecule has 0 atom stereocenters. The molecule has 4 rings (SSSR count). The number of benzene rings is 2. The van der Waals surface area contributed by atoms with Crippen LogP contribution in [0.4, 0.5) is 8.78 Å². The summed E-state index contributed by atoms with van der Waals surface area (Å²) in [6.07, 6.45) is 0. The van der Waals surface area contributed by atoms with Crippen LogP contribution in [-0.4, -0.2) is 15.3 Å². The fourth-order valence-corrected chi connectivity index (χ4v) is 4.47. The second kappa shape index (κ2) is 8.15. The minimum Gasteiger partial charge on any atom is -0.292 e. The largest absolute Gasteiger partial charge is 0.292 e. The molecule has 0 spiro atoms. The van der Waals surface area contributed by atoms with Gasteiger partial charge in [0.15, 0.2) is 5.78 Å². The molecule has 31 heavy (non-hydrogen) atoms. The van der Waals surface area contributed by atoms with Crippen molar-refractivity contribution in [2.24, 2.45) is 0 Å². The van der Waals surface area contributed by atoms with Gasteiger partial charge in [-0.3, -0.25) is 14.2 Å². The standard InChI is InChI=1S/C24H20F2N2O2S/c1-13(2)22-27-23-21(18(12-31-23)15-4-7-17(25)8-5-15)24(30)28(22)11-20(29)16-6-9-19(26)14(3)10-16/h4-10,12-13H,11H2,1-3H3. The maximum Gasteiger partial charge on any atom is 0.263 e. The van der Waals surface area contributed by atoms with Crippen LogP contribution in [0.1, 0.15) is 41.5 Å². The predicted octanol–water partition coefficient (Wildman–Crippen LogP) is 5.72. The smallest absolute Gasteiger partial charge is 0.263 e. The van der Waals surface area contributed by atoms with Crippen molar-refractivity contribution in [3.63, 3.8) is 0 Å². The number of fused-ring (bicyclic) bond motifs is 1. The maximum atomic E-state index is 13.6. The third-order valence-corrected chi connectivity index (χ3v) is 6.05. The van der Waals surface area contributed by atoms with Crippen molar-refractivity contribution in [3.05, 3.63) is 86.8 Å². The minimum absolute atomic E-state index is 0.0868. The number of rotatable bonds is 5. The van der Waals surface area contributed by atoms with Crippen LogP contribution in [0.3, 0.4) is 0 Å². The molecule has 0 saturated heterocycles. The highest BCUT2D eigenvalue weighted by molar-refractivity contribution is 7.17. The highest BCUT2D eigenvalue weighted by Gasteiger charge is 2.21. The first-order valence-corrected chi connectivity index (χ1v) is 10.7. The van der Waals surface area contributed by atoms with Crippen molar-refractivity contribution in [3.8, 4) is 11.1 Å². The highest BCUT2D eigenvalue weighted by Crippen LogP contribution is 2.32. The molecule has 0 bridgehead atoms. The van der Waals surface area contributed by atoms with Gasteiger partial charge in [0.2, 0.25) is 0 Å². The minimum atomic E-state index is -0.387. The maximum absolute atomic E-state index is 13.6. The first kappa shape index (κ1) is 21.1. The fourth-order valence-electron chi connectivity index (χ4n) is 3.53. The molecule has 2 aromatic heterocycles. The van der Waals surface area contributed by atoms with Gasteiger partial charge in [-0.25, -0.2) is 13.8 Å². The lowest BCUT2D eigenvalue weighted by Gasteiger charge is -2.15. The van der Waals surface area contributed by atoms with Gasteiger partial charge in [-0.1, -0.05) is 26.0 Å². The van der Waals surface area contributed by atoms with E-state index in [-0.39, 0.29) is 35.4 Å². The highest BCUT2D eigenvalue weighted by atomic mass is 32.1. The molecular formula is C24H20F2N2O2S. The molecule has 0 fully saturated rings. The van der Waals surface area contributed by atoms with E-state index in [1.807, 2.05) is 19.2 Å². The van der Waals surface area contributed by atoms with E-state index in [0.717, 1.165) is 0 Å². The molecule has 0 aliphatic heterocycles. The molecule has 0 aliphatic carbocycles. The van der Waals surface area contributed by atoms with E-state index in [1.54, 1.807) is 19.1 Å². The Hall–Kier alpha value is -3.19. The second-order valence-corrected chi connectivity index (χ2v) is 8.60. The van der Waals surface area contributed by atoms with E-state index in [0.29, 0.717) is 38.3 Å². The molecule has 0 saturated carbocycles. The number of ketones is 1. The Morgan fingerprint density at radius 2 is 1.84 bits per heavy atom. The summed E-state index contributed by atoms with van der Waals surface area (Å²) in [5.41, 5.74) is 1.75. The number of halogens is 2. The molecule has 0 N–H and O–H groups in total. The summed E-state index contributed by atoms with van der Waals surface area (Å²) in [6.45, 7) is 5.21. The van der Waals surface area contributed by atoms with Gasteiger partial charge in [-0.2, -0.15) is 0 Å². The van der Waals surface area contributed by atoms with E-state index in [1.165, 1.54) is 46.2 Å². The van der Waals surface area contributed by atoms with Crippen LogP contribution in [0, 0.1) is 18.6 Å². The number of Topliss-reactive ketones (excluding diaryl/α,β-unsaturated/α-hetero) is 1. The lowest BCUT2D eigenvalue weighted by molar-refractivity contribution is 0.0969. The summed E-state index contributed by atoms with van der Waals surface area (Å²) >= 11 is 1.34. The number of carbonyl (C=O) groups is 1. The molecule has 158 valence electrons. The SMILES string of the molecule is Cc1cc(C(=O)Cn2c(C(C)C)nc3scc(-c4ccc(F)cc4)c3c2=O)ccc1F. The Balaban J connectivity index is 1.85. The lowest BCUT2D eigenvalue weighted by atomic mass is 10.1. The number of hydrogen-bond donors (Lipinski definition) is 0. The van der Waals surface area contributed by atoms with E-state index in [2.05, 4.69) is 4.98 Å². The van der Waals surface area contributed by atoms with Gasteiger partial charge >= 0.3 is 0 Å². The second-order valence-electron chi connectivity index (χ2n) is 7.74. The monoisotopic (exact) mass is 438 g/mol. The topological polar surface area (TPSA) is 52.0 Å². The number of nitrogens with zero attached hydrogens (tertiary/aromatic N) is 2. The summed E-state index contributed by atoms with van der Waals surface area (Å²) in [6, 6.07) is 10.1. The molecule has 0 amide bonds. The van der Waals surface area contributed by atoms with Gasteiger partial charge < -0.3 is 0 Å². The molecule has 2 heterocycles. The number of hydrogen-bond acceptors (Lipinski definition) is 4. The van der Waals surface area contributed by atoms with Crippen LogP contribution in [0.5, 0.6) is 0 Å². The normalized spacial score (nSPS) is 11.4. The molecule has 0 radical (unpaired) electrons. The fraction of sp³-hybridized carbons (Fsp3) is 0.208. The Kier molecular flexibility index (Phi) is 5.54. The zero-order valence-electron chi connectivity index (χ0n) is 17.3. The summed E-state index contributed by atoms with van der Waals surface area (Å²) in [7, 11) is 0. The number of aromatic nitrogens is 2. The molecule has 7 heteroatoms. The summed E-state index contributed by atoms with van der Waals surface area (Å²) in [5.74, 6) is -0.622. The molecular weight excluding hydrogens is 418 g/mol. The molecule has 0 unspecified atom stereocenters. The molecule has 4 aromatic rings. The van der Waals surface area contributed by atoms with Gasteiger partial charge in [-0.05, 0) is 48.4 Å². The number of thiophene rings is 1. The van der Waals surface area contributed by atoms with Gasteiger partial charge in [0.1, 0.15) is 22.3 Å². The average Bonchev–Trinajstić information content (AvgIpc) is 3.16. The first-order chi connectivity index (χ1) is 14.8.